The van der Waals surface area contributed by atoms with Crippen LogP contribution in [0.15, 0.2) is 107 Å². The van der Waals surface area contributed by atoms with Crippen LogP contribution in [0.25, 0.3) is 10.6 Å². The summed E-state index contributed by atoms with van der Waals surface area (Å²) in [5.74, 6) is 0. The van der Waals surface area contributed by atoms with E-state index in [-0.39, 0.29) is 0 Å². The maximum Gasteiger partial charge on any atom is 0.0817 e. The Hall–Kier alpha value is -3.04. The highest BCUT2D eigenvalue weighted by molar-refractivity contribution is 8.12. The molecule has 0 aliphatic carbocycles. The highest BCUT2D eigenvalue weighted by Crippen LogP contribution is 2.50. The molecule has 0 bridgehead atoms. The first-order chi connectivity index (χ1) is 13.9. The van der Waals surface area contributed by atoms with Gasteiger partial charge < -0.3 is 4.90 Å². The van der Waals surface area contributed by atoms with Crippen LogP contribution in [0.3, 0.4) is 0 Å². The van der Waals surface area contributed by atoms with E-state index in [0.717, 1.165) is 12.2 Å². The van der Waals surface area contributed by atoms with Gasteiger partial charge in [-0.25, -0.2) is 0 Å². The second kappa shape index (κ2) is 8.77. The van der Waals surface area contributed by atoms with Gasteiger partial charge in [-0.3, -0.25) is 4.99 Å². The molecule has 0 saturated heterocycles. The van der Waals surface area contributed by atoms with Crippen molar-refractivity contribution in [2.45, 2.75) is 6.92 Å². The summed E-state index contributed by atoms with van der Waals surface area (Å²) in [6, 6.07) is 31.3. The van der Waals surface area contributed by atoms with Gasteiger partial charge >= 0.3 is 0 Å². The predicted molar refractivity (Wildman–Crippen MR) is 122 cm³/mol. The molecule has 1 heterocycles. The van der Waals surface area contributed by atoms with Gasteiger partial charge in [-0.15, -0.1) is 0 Å². The SMILES string of the molecule is CCN1C(c2ccccc2)=C(c2ccccc2)S/C1=C/C=Nc1ccccc1. The number of hydrogen-bond acceptors (Lipinski definition) is 3. The highest BCUT2D eigenvalue weighted by Gasteiger charge is 2.28. The van der Waals surface area contributed by atoms with E-state index in [1.165, 1.54) is 26.8 Å². The standard InChI is InChI=1S/C25H22N2S/c1-2-27-23(18-19-26-22-16-10-5-11-17-22)28-25(21-14-8-4-9-15-21)24(27)20-12-6-3-7-13-20/h3-19H,2H2,1H3/b23-18+,26-19?. The van der Waals surface area contributed by atoms with Crippen molar-refractivity contribution < 1.29 is 0 Å². The Balaban J connectivity index is 1.73. The number of para-hydroxylation sites is 1. The maximum atomic E-state index is 4.57. The first kappa shape index (κ1) is 18.3. The lowest BCUT2D eigenvalue weighted by atomic mass is 10.1. The van der Waals surface area contributed by atoms with Crippen LogP contribution >= 0.6 is 11.8 Å². The summed E-state index contributed by atoms with van der Waals surface area (Å²) >= 11 is 1.81. The molecule has 0 amide bonds. The topological polar surface area (TPSA) is 15.6 Å². The summed E-state index contributed by atoms with van der Waals surface area (Å²) in [5.41, 5.74) is 4.70. The molecule has 3 aromatic carbocycles. The Morgan fingerprint density at radius 3 is 1.96 bits per heavy atom. The quantitative estimate of drug-likeness (QED) is 0.450. The summed E-state index contributed by atoms with van der Waals surface area (Å²) in [7, 11) is 0. The van der Waals surface area contributed by atoms with Gasteiger partial charge in [0.25, 0.3) is 0 Å². The van der Waals surface area contributed by atoms with Crippen molar-refractivity contribution in [1.29, 1.82) is 0 Å². The Bertz CT molecular complexity index is 1010. The number of hydrogen-bond donors (Lipinski definition) is 0. The highest BCUT2D eigenvalue weighted by atomic mass is 32.2. The van der Waals surface area contributed by atoms with Crippen LogP contribution in [-0.2, 0) is 0 Å². The molecular formula is C25H22N2S. The molecule has 3 aromatic rings. The van der Waals surface area contributed by atoms with Crippen molar-refractivity contribution in [1.82, 2.24) is 4.90 Å². The maximum absolute atomic E-state index is 4.57. The fraction of sp³-hybridized carbons (Fsp3) is 0.0800. The first-order valence-corrected chi connectivity index (χ1v) is 10.3. The van der Waals surface area contributed by atoms with E-state index in [9.17, 15) is 0 Å². The third kappa shape index (κ3) is 3.95. The fourth-order valence-corrected chi connectivity index (χ4v) is 4.50. The van der Waals surface area contributed by atoms with Crippen molar-refractivity contribution in [3.8, 4) is 0 Å². The number of benzene rings is 3. The lowest BCUT2D eigenvalue weighted by Gasteiger charge is -2.21. The molecule has 138 valence electrons. The zero-order chi connectivity index (χ0) is 19.2. The average Bonchev–Trinajstić information content (AvgIpc) is 3.14. The van der Waals surface area contributed by atoms with Crippen molar-refractivity contribution in [3.05, 3.63) is 113 Å². The number of thioether (sulfide) groups is 1. The van der Waals surface area contributed by atoms with E-state index in [4.69, 9.17) is 0 Å². The number of nitrogens with zero attached hydrogens (tertiary/aromatic N) is 2. The second-order valence-electron chi connectivity index (χ2n) is 6.37. The van der Waals surface area contributed by atoms with E-state index in [0.29, 0.717) is 0 Å². The molecule has 0 spiro atoms. The summed E-state index contributed by atoms with van der Waals surface area (Å²) in [6.45, 7) is 3.10. The monoisotopic (exact) mass is 382 g/mol. The number of rotatable bonds is 5. The molecule has 0 saturated carbocycles. The molecule has 0 fully saturated rings. The molecule has 1 aliphatic heterocycles. The van der Waals surface area contributed by atoms with E-state index < -0.39 is 0 Å². The molecule has 0 aromatic heterocycles. The van der Waals surface area contributed by atoms with Crippen molar-refractivity contribution in [2.75, 3.05) is 6.54 Å². The van der Waals surface area contributed by atoms with E-state index in [1.807, 2.05) is 48.3 Å². The molecule has 0 unspecified atom stereocenters. The van der Waals surface area contributed by atoms with Gasteiger partial charge in [-0.2, -0.15) is 0 Å². The zero-order valence-electron chi connectivity index (χ0n) is 15.8. The van der Waals surface area contributed by atoms with E-state index in [1.54, 1.807) is 0 Å². The van der Waals surface area contributed by atoms with Gasteiger partial charge in [-0.1, -0.05) is 90.6 Å². The number of allylic oxidation sites excluding steroid dienone is 1. The zero-order valence-corrected chi connectivity index (χ0v) is 16.6. The van der Waals surface area contributed by atoms with Gasteiger partial charge in [0, 0.05) is 17.7 Å². The minimum atomic E-state index is 0.901. The molecule has 0 N–H and O–H groups in total. The normalized spacial score (nSPS) is 15.8. The Morgan fingerprint density at radius 1 is 0.786 bits per heavy atom. The number of aliphatic imine (C=N–C) groups is 1. The summed E-state index contributed by atoms with van der Waals surface area (Å²) in [6.07, 6.45) is 4.01. The summed E-state index contributed by atoms with van der Waals surface area (Å²) in [4.78, 5) is 8.23. The van der Waals surface area contributed by atoms with Crippen LogP contribution in [0, 0.1) is 0 Å². The van der Waals surface area contributed by atoms with Crippen LogP contribution in [-0.4, -0.2) is 17.7 Å². The second-order valence-corrected chi connectivity index (χ2v) is 7.41. The largest absolute Gasteiger partial charge is 0.335 e. The minimum absolute atomic E-state index is 0.901. The summed E-state index contributed by atoms with van der Waals surface area (Å²) in [5, 5.41) is 1.19. The third-order valence-electron chi connectivity index (χ3n) is 4.55. The molecule has 4 rings (SSSR count). The molecule has 2 nitrogen and oxygen atoms in total. The molecule has 0 radical (unpaired) electrons. The summed E-state index contributed by atoms with van der Waals surface area (Å²) < 4.78 is 0. The van der Waals surface area contributed by atoms with Gasteiger partial charge in [0.05, 0.1) is 16.4 Å². The lowest BCUT2D eigenvalue weighted by molar-refractivity contribution is 0.557. The predicted octanol–water partition coefficient (Wildman–Crippen LogP) is 6.83. The van der Waals surface area contributed by atoms with Crippen molar-refractivity contribution in [2.24, 2.45) is 4.99 Å². The first-order valence-electron chi connectivity index (χ1n) is 9.46. The van der Waals surface area contributed by atoms with Crippen LogP contribution in [0.2, 0.25) is 0 Å². The van der Waals surface area contributed by atoms with Gasteiger partial charge in [-0.05, 0) is 36.3 Å². The van der Waals surface area contributed by atoms with Crippen molar-refractivity contribution >= 4 is 34.3 Å². The molecule has 3 heteroatoms. The lowest BCUT2D eigenvalue weighted by Crippen LogP contribution is -2.16. The molecule has 28 heavy (non-hydrogen) atoms. The van der Waals surface area contributed by atoms with Crippen LogP contribution in [0.1, 0.15) is 18.1 Å². The van der Waals surface area contributed by atoms with Crippen LogP contribution in [0.5, 0.6) is 0 Å². The third-order valence-corrected chi connectivity index (χ3v) is 5.75. The fourth-order valence-electron chi connectivity index (χ4n) is 3.25. The Labute approximate surface area is 170 Å². The van der Waals surface area contributed by atoms with E-state index >= 15 is 0 Å². The minimum Gasteiger partial charge on any atom is -0.335 e. The van der Waals surface area contributed by atoms with Gasteiger partial charge in [0.1, 0.15) is 0 Å². The van der Waals surface area contributed by atoms with E-state index in [2.05, 4.69) is 83.6 Å². The van der Waals surface area contributed by atoms with Gasteiger partial charge in [0.2, 0.25) is 0 Å². The molecular weight excluding hydrogens is 360 g/mol. The van der Waals surface area contributed by atoms with Crippen LogP contribution in [0.4, 0.5) is 5.69 Å². The smallest absolute Gasteiger partial charge is 0.0817 e. The Kier molecular flexibility index (Phi) is 5.74. The Morgan fingerprint density at radius 2 is 1.36 bits per heavy atom. The van der Waals surface area contributed by atoms with Gasteiger partial charge in [0.15, 0.2) is 0 Å². The van der Waals surface area contributed by atoms with Crippen molar-refractivity contribution in [3.63, 3.8) is 0 Å². The average molecular weight is 383 g/mol. The molecule has 0 atom stereocenters. The van der Waals surface area contributed by atoms with Crippen LogP contribution < -0.4 is 0 Å². The molecule has 1 aliphatic rings.